The highest BCUT2D eigenvalue weighted by Gasteiger charge is 2.23. The van der Waals surface area contributed by atoms with E-state index >= 15 is 0 Å². The monoisotopic (exact) mass is 323 g/mol. The Balaban J connectivity index is 1.90. The number of nitrogens with one attached hydrogen (secondary N) is 1. The van der Waals surface area contributed by atoms with Gasteiger partial charge in [-0.1, -0.05) is 30.3 Å². The molecule has 3 aromatic rings. The van der Waals surface area contributed by atoms with Crippen molar-refractivity contribution in [2.45, 2.75) is 6.54 Å². The van der Waals surface area contributed by atoms with Gasteiger partial charge in [0.25, 0.3) is 5.91 Å². The van der Waals surface area contributed by atoms with Crippen molar-refractivity contribution in [3.8, 4) is 0 Å². The summed E-state index contributed by atoms with van der Waals surface area (Å²) >= 11 is 0. The van der Waals surface area contributed by atoms with Gasteiger partial charge in [-0.05, 0) is 22.6 Å². The van der Waals surface area contributed by atoms with Crippen LogP contribution < -0.4 is 5.32 Å². The molecule has 0 bridgehead atoms. The molecule has 0 aliphatic rings. The fourth-order valence-corrected chi connectivity index (χ4v) is 2.18. The lowest BCUT2D eigenvalue weighted by Gasteiger charge is -2.05. The van der Waals surface area contributed by atoms with Crippen LogP contribution in [0.15, 0.2) is 60.9 Å². The van der Waals surface area contributed by atoms with Gasteiger partial charge in [0.2, 0.25) is 0 Å². The maximum Gasteiger partial charge on any atom is 0.390 e. The van der Waals surface area contributed by atoms with E-state index in [1.165, 1.54) is 10.9 Å². The Hall–Kier alpha value is -3.55. The molecule has 0 fully saturated rings. The minimum atomic E-state index is -0.623. The van der Waals surface area contributed by atoms with Gasteiger partial charge in [-0.15, -0.1) is 0 Å². The van der Waals surface area contributed by atoms with Gasteiger partial charge in [-0.3, -0.25) is 9.78 Å². The molecule has 3 rings (SSSR count). The number of anilines is 1. The van der Waals surface area contributed by atoms with Gasteiger partial charge in [0.05, 0.1) is 29.6 Å². The molecule has 1 amide bonds. The van der Waals surface area contributed by atoms with E-state index in [4.69, 9.17) is 0 Å². The fraction of sp³-hybridized carbons (Fsp3) is 0.0625. The van der Waals surface area contributed by atoms with Crippen molar-refractivity contribution < 1.29 is 9.72 Å². The smallest absolute Gasteiger partial charge is 0.358 e. The number of amides is 1. The first-order valence-electron chi connectivity index (χ1n) is 7.11. The summed E-state index contributed by atoms with van der Waals surface area (Å²) in [5, 5.41) is 17.5. The van der Waals surface area contributed by atoms with Crippen molar-refractivity contribution in [1.29, 1.82) is 0 Å². The largest absolute Gasteiger partial charge is 0.390 e. The summed E-state index contributed by atoms with van der Waals surface area (Å²) in [6, 6.07) is 13.8. The van der Waals surface area contributed by atoms with Crippen LogP contribution in [-0.4, -0.2) is 25.6 Å². The van der Waals surface area contributed by atoms with Crippen molar-refractivity contribution in [1.82, 2.24) is 14.8 Å². The molecule has 8 heteroatoms. The Morgan fingerprint density at radius 3 is 2.67 bits per heavy atom. The van der Waals surface area contributed by atoms with Crippen LogP contribution in [0.25, 0.3) is 0 Å². The van der Waals surface area contributed by atoms with Crippen molar-refractivity contribution in [3.63, 3.8) is 0 Å². The third kappa shape index (κ3) is 3.43. The first-order valence-corrected chi connectivity index (χ1v) is 7.11. The van der Waals surface area contributed by atoms with Gasteiger partial charge in [0.15, 0.2) is 5.69 Å². The highest BCUT2D eigenvalue weighted by atomic mass is 16.6. The molecule has 8 nitrogen and oxygen atoms in total. The summed E-state index contributed by atoms with van der Waals surface area (Å²) in [6.07, 6.45) is 3.07. The lowest BCUT2D eigenvalue weighted by molar-refractivity contribution is -0.389. The Morgan fingerprint density at radius 1 is 1.21 bits per heavy atom. The van der Waals surface area contributed by atoms with Crippen molar-refractivity contribution in [2.24, 2.45) is 0 Å². The van der Waals surface area contributed by atoms with E-state index in [2.05, 4.69) is 15.4 Å². The maximum atomic E-state index is 12.4. The number of carbonyl (C=O) groups excluding carboxylic acids is 1. The van der Waals surface area contributed by atoms with E-state index < -0.39 is 10.8 Å². The summed E-state index contributed by atoms with van der Waals surface area (Å²) in [5.74, 6) is -0.859. The zero-order valence-corrected chi connectivity index (χ0v) is 12.5. The van der Waals surface area contributed by atoms with Gasteiger partial charge in [-0.25, -0.2) is 0 Å². The molecule has 0 atom stereocenters. The summed E-state index contributed by atoms with van der Waals surface area (Å²) in [4.78, 5) is 26.7. The average Bonchev–Trinajstić information content (AvgIpc) is 3.01. The van der Waals surface area contributed by atoms with Crippen LogP contribution in [-0.2, 0) is 6.54 Å². The standard InChI is InChI=1S/C16H13N5O3/c22-16(18-13-7-4-8-17-10-13)14-9-15(21(23)24)19-20(14)11-12-5-2-1-3-6-12/h1-10H,11H2,(H,18,22). The van der Waals surface area contributed by atoms with E-state index in [-0.39, 0.29) is 18.1 Å². The Labute approximate surface area is 136 Å². The summed E-state index contributed by atoms with van der Waals surface area (Å²) in [5.41, 5.74) is 1.48. The highest BCUT2D eigenvalue weighted by molar-refractivity contribution is 6.03. The van der Waals surface area contributed by atoms with Crippen molar-refractivity contribution in [2.75, 3.05) is 5.32 Å². The maximum absolute atomic E-state index is 12.4. The van der Waals surface area contributed by atoms with Crippen LogP contribution in [0.1, 0.15) is 16.1 Å². The van der Waals surface area contributed by atoms with Gasteiger partial charge < -0.3 is 15.4 Å². The number of aromatic nitrogens is 3. The Bertz CT molecular complexity index is 862. The molecule has 0 radical (unpaired) electrons. The molecule has 0 aliphatic heterocycles. The number of benzene rings is 1. The molecule has 0 aliphatic carbocycles. The molecule has 0 saturated carbocycles. The van der Waals surface area contributed by atoms with Gasteiger partial charge in [-0.2, -0.15) is 4.68 Å². The van der Waals surface area contributed by atoms with Crippen LogP contribution in [0.2, 0.25) is 0 Å². The second-order valence-electron chi connectivity index (χ2n) is 4.98. The normalized spacial score (nSPS) is 10.3. The molecule has 0 saturated heterocycles. The highest BCUT2D eigenvalue weighted by Crippen LogP contribution is 2.16. The first-order chi connectivity index (χ1) is 11.6. The molecule has 1 aromatic carbocycles. The minimum absolute atomic E-state index is 0.106. The number of hydrogen-bond donors (Lipinski definition) is 1. The quantitative estimate of drug-likeness (QED) is 0.574. The van der Waals surface area contributed by atoms with Gasteiger partial charge in [0, 0.05) is 6.20 Å². The molecular formula is C16H13N5O3. The van der Waals surface area contributed by atoms with E-state index in [0.29, 0.717) is 5.69 Å². The third-order valence-electron chi connectivity index (χ3n) is 3.28. The molecule has 120 valence electrons. The second kappa shape index (κ2) is 6.69. The molecule has 1 N–H and O–H groups in total. The van der Waals surface area contributed by atoms with E-state index in [0.717, 1.165) is 11.6 Å². The van der Waals surface area contributed by atoms with Gasteiger partial charge >= 0.3 is 5.82 Å². The van der Waals surface area contributed by atoms with E-state index in [1.807, 2.05) is 30.3 Å². The number of rotatable bonds is 5. The van der Waals surface area contributed by atoms with Crippen molar-refractivity contribution >= 4 is 17.4 Å². The molecule has 0 unspecified atom stereocenters. The lowest BCUT2D eigenvalue weighted by Crippen LogP contribution is -2.18. The topological polar surface area (TPSA) is 103 Å². The lowest BCUT2D eigenvalue weighted by atomic mass is 10.2. The van der Waals surface area contributed by atoms with Crippen LogP contribution in [0.5, 0.6) is 0 Å². The Kier molecular flexibility index (Phi) is 4.28. The summed E-state index contributed by atoms with van der Waals surface area (Å²) in [6.45, 7) is 0.254. The number of hydrogen-bond acceptors (Lipinski definition) is 5. The van der Waals surface area contributed by atoms with Crippen molar-refractivity contribution in [3.05, 3.63) is 82.3 Å². The third-order valence-corrected chi connectivity index (χ3v) is 3.28. The molecule has 24 heavy (non-hydrogen) atoms. The number of nitrogens with zero attached hydrogens (tertiary/aromatic N) is 4. The molecule has 2 heterocycles. The van der Waals surface area contributed by atoms with Crippen LogP contribution in [0.4, 0.5) is 11.5 Å². The van der Waals surface area contributed by atoms with E-state index in [1.54, 1.807) is 18.3 Å². The number of pyridine rings is 1. The first kappa shape index (κ1) is 15.3. The fourth-order valence-electron chi connectivity index (χ4n) is 2.18. The SMILES string of the molecule is O=C(Nc1cccnc1)c1cc([N+](=O)[O-])nn1Cc1ccccc1. The minimum Gasteiger partial charge on any atom is -0.358 e. The number of nitro groups is 1. The van der Waals surface area contributed by atoms with Crippen LogP contribution in [0, 0.1) is 10.1 Å². The predicted molar refractivity (Wildman–Crippen MR) is 86.6 cm³/mol. The predicted octanol–water partition coefficient (Wildman–Crippen LogP) is 2.49. The molecular weight excluding hydrogens is 310 g/mol. The number of carbonyl (C=O) groups is 1. The van der Waals surface area contributed by atoms with Crippen LogP contribution in [0.3, 0.4) is 0 Å². The average molecular weight is 323 g/mol. The zero-order chi connectivity index (χ0) is 16.9. The van der Waals surface area contributed by atoms with Crippen LogP contribution >= 0.6 is 0 Å². The Morgan fingerprint density at radius 2 is 2.00 bits per heavy atom. The molecule has 2 aromatic heterocycles. The zero-order valence-electron chi connectivity index (χ0n) is 12.5. The summed E-state index contributed by atoms with van der Waals surface area (Å²) < 4.78 is 1.32. The van der Waals surface area contributed by atoms with E-state index in [9.17, 15) is 14.9 Å². The second-order valence-corrected chi connectivity index (χ2v) is 4.98. The summed E-state index contributed by atoms with van der Waals surface area (Å²) in [7, 11) is 0. The molecule has 0 spiro atoms. The van der Waals surface area contributed by atoms with Gasteiger partial charge in [0.1, 0.15) is 0 Å².